The maximum atomic E-state index is 10.2. The van der Waals surface area contributed by atoms with E-state index in [0.717, 1.165) is 5.56 Å². The van der Waals surface area contributed by atoms with Gasteiger partial charge in [-0.15, -0.1) is 6.58 Å². The fraction of sp³-hybridized carbons (Fsp3) is 0.529. The van der Waals surface area contributed by atoms with Gasteiger partial charge in [0.1, 0.15) is 30.5 Å². The van der Waals surface area contributed by atoms with Crippen LogP contribution in [0.3, 0.4) is 0 Å². The van der Waals surface area contributed by atoms with Crippen LogP contribution in [0.4, 0.5) is 0 Å². The van der Waals surface area contributed by atoms with E-state index in [-0.39, 0.29) is 12.1 Å². The summed E-state index contributed by atoms with van der Waals surface area (Å²) in [4.78, 5) is 5.42. The van der Waals surface area contributed by atoms with Gasteiger partial charge >= 0.3 is 0 Å². The molecule has 2 saturated heterocycles. The van der Waals surface area contributed by atoms with Crippen molar-refractivity contribution < 1.29 is 24.5 Å². The topological polar surface area (TPSA) is 80.2 Å². The van der Waals surface area contributed by atoms with Crippen LogP contribution in [0, 0.1) is 0 Å². The molecule has 7 atom stereocenters. The number of hydrogen-bond acceptors (Lipinski definition) is 6. The zero-order chi connectivity index (χ0) is 16.4. The maximum absolute atomic E-state index is 10.2. The predicted octanol–water partition coefficient (Wildman–Crippen LogP) is 0.539. The molecule has 1 aromatic rings. The normalized spacial score (nSPS) is 38.0. The van der Waals surface area contributed by atoms with Crippen molar-refractivity contribution in [1.29, 1.82) is 0 Å². The highest BCUT2D eigenvalue weighted by Crippen LogP contribution is 2.31. The van der Waals surface area contributed by atoms with Crippen molar-refractivity contribution in [1.82, 2.24) is 5.48 Å². The molecule has 2 fully saturated rings. The molecule has 3 N–H and O–H groups in total. The maximum Gasteiger partial charge on any atom is 0.135 e. The molecule has 0 aromatic heterocycles. The number of aliphatic hydroxyl groups is 2. The number of aliphatic hydroxyl groups excluding tert-OH is 2. The Morgan fingerprint density at radius 2 is 2.00 bits per heavy atom. The van der Waals surface area contributed by atoms with Crippen LogP contribution in [0.25, 0.3) is 0 Å². The van der Waals surface area contributed by atoms with Crippen LogP contribution < -0.4 is 5.48 Å². The van der Waals surface area contributed by atoms with Gasteiger partial charge in [0.2, 0.25) is 0 Å². The lowest BCUT2D eigenvalue weighted by molar-refractivity contribution is -0.202. The number of fused-ring (bicyclic) bond motifs is 1. The third-order valence-electron chi connectivity index (χ3n) is 4.45. The summed E-state index contributed by atoms with van der Waals surface area (Å²) in [7, 11) is 0. The van der Waals surface area contributed by atoms with Crippen molar-refractivity contribution in [2.24, 2.45) is 0 Å². The first-order valence-electron chi connectivity index (χ1n) is 7.82. The molecule has 0 aliphatic carbocycles. The highest BCUT2D eigenvalue weighted by atomic mass is 16.7. The number of hydrogen-bond donors (Lipinski definition) is 3. The molecular formula is C17H23NO5. The van der Waals surface area contributed by atoms with Gasteiger partial charge < -0.3 is 19.7 Å². The summed E-state index contributed by atoms with van der Waals surface area (Å²) in [5.41, 5.74) is 3.96. The van der Waals surface area contributed by atoms with Gasteiger partial charge in [0.05, 0.1) is 18.8 Å². The van der Waals surface area contributed by atoms with Crippen molar-refractivity contribution in [3.8, 4) is 0 Å². The van der Waals surface area contributed by atoms with Crippen molar-refractivity contribution in [3.63, 3.8) is 0 Å². The molecule has 0 radical (unpaired) electrons. The van der Waals surface area contributed by atoms with E-state index in [1.54, 1.807) is 0 Å². The number of hydroxylamine groups is 1. The van der Waals surface area contributed by atoms with Gasteiger partial charge in [-0.3, -0.25) is 4.84 Å². The molecule has 126 valence electrons. The van der Waals surface area contributed by atoms with Gasteiger partial charge in [0.15, 0.2) is 0 Å². The summed E-state index contributed by atoms with van der Waals surface area (Å²) in [6, 6.07) is 9.65. The van der Waals surface area contributed by atoms with Gasteiger partial charge in [-0.25, -0.2) is 0 Å². The summed E-state index contributed by atoms with van der Waals surface area (Å²) in [5.74, 6) is 0. The molecule has 0 bridgehead atoms. The van der Waals surface area contributed by atoms with Gasteiger partial charge in [0, 0.05) is 0 Å². The Bertz CT molecular complexity index is 525. The highest BCUT2D eigenvalue weighted by Gasteiger charge is 2.52. The SMILES string of the molecule is C=CC1O[C@H]2C(ON[C@@H]2[C@@H](C)OCc2ccccc2)C(O)[C@H]1O. The van der Waals surface area contributed by atoms with E-state index in [1.165, 1.54) is 6.08 Å². The summed E-state index contributed by atoms with van der Waals surface area (Å²) < 4.78 is 11.7. The minimum Gasteiger partial charge on any atom is -0.387 e. The quantitative estimate of drug-likeness (QED) is 0.687. The molecule has 0 saturated carbocycles. The lowest BCUT2D eigenvalue weighted by Gasteiger charge is -2.39. The average molecular weight is 321 g/mol. The zero-order valence-electron chi connectivity index (χ0n) is 13.0. The summed E-state index contributed by atoms with van der Waals surface area (Å²) >= 11 is 0. The van der Waals surface area contributed by atoms with Gasteiger partial charge in [-0.05, 0) is 12.5 Å². The number of ether oxygens (including phenoxy) is 2. The average Bonchev–Trinajstić information content (AvgIpc) is 3.01. The molecule has 2 aliphatic heterocycles. The lowest BCUT2D eigenvalue weighted by atomic mass is 9.91. The molecule has 0 spiro atoms. The van der Waals surface area contributed by atoms with E-state index in [1.807, 2.05) is 37.3 Å². The van der Waals surface area contributed by atoms with Gasteiger partial charge in [0.25, 0.3) is 0 Å². The molecule has 2 heterocycles. The molecule has 23 heavy (non-hydrogen) atoms. The molecule has 0 amide bonds. The number of benzene rings is 1. The zero-order valence-corrected chi connectivity index (χ0v) is 13.0. The van der Waals surface area contributed by atoms with Crippen LogP contribution in [-0.2, 0) is 20.9 Å². The fourth-order valence-corrected chi connectivity index (χ4v) is 3.04. The molecule has 2 aliphatic rings. The Morgan fingerprint density at radius 3 is 2.70 bits per heavy atom. The van der Waals surface area contributed by atoms with Crippen LogP contribution in [0.1, 0.15) is 12.5 Å². The smallest absolute Gasteiger partial charge is 0.135 e. The third kappa shape index (κ3) is 3.33. The van der Waals surface area contributed by atoms with E-state index in [0.29, 0.717) is 6.61 Å². The van der Waals surface area contributed by atoms with Crippen molar-refractivity contribution in [2.75, 3.05) is 0 Å². The van der Waals surface area contributed by atoms with Crippen molar-refractivity contribution >= 4 is 0 Å². The minimum absolute atomic E-state index is 0.196. The Balaban J connectivity index is 1.63. The third-order valence-corrected chi connectivity index (χ3v) is 4.45. The van der Waals surface area contributed by atoms with Crippen LogP contribution >= 0.6 is 0 Å². The van der Waals surface area contributed by atoms with E-state index in [4.69, 9.17) is 14.3 Å². The minimum atomic E-state index is -1.05. The molecule has 3 unspecified atom stereocenters. The molecular weight excluding hydrogens is 298 g/mol. The number of nitrogens with one attached hydrogen (secondary N) is 1. The van der Waals surface area contributed by atoms with E-state index < -0.39 is 30.5 Å². The summed E-state index contributed by atoms with van der Waals surface area (Å²) in [6.07, 6.45) is -2.45. The van der Waals surface area contributed by atoms with Gasteiger partial charge in [-0.1, -0.05) is 36.4 Å². The second kappa shape index (κ2) is 7.09. The summed E-state index contributed by atoms with van der Waals surface area (Å²) in [6.45, 7) is 6.05. The van der Waals surface area contributed by atoms with Crippen LogP contribution in [0.2, 0.25) is 0 Å². The Kier molecular flexibility index (Phi) is 5.11. The first-order valence-corrected chi connectivity index (χ1v) is 7.82. The molecule has 6 heteroatoms. The van der Waals surface area contributed by atoms with E-state index in [2.05, 4.69) is 12.1 Å². The standard InChI is InChI=1S/C17H23NO5/c1-3-12-14(19)15(20)17-16(22-12)13(18-23-17)10(2)21-9-11-7-5-4-6-8-11/h3-8,10,12-20H,1,9H2,2H3/t10-,12?,13-,14+,15?,16-,17?/m1/s1. The first kappa shape index (κ1) is 16.6. The van der Waals surface area contributed by atoms with E-state index >= 15 is 0 Å². The summed E-state index contributed by atoms with van der Waals surface area (Å²) in [5, 5.41) is 20.1. The number of rotatable bonds is 5. The second-order valence-corrected chi connectivity index (χ2v) is 6.01. The molecule has 6 nitrogen and oxygen atoms in total. The van der Waals surface area contributed by atoms with Crippen molar-refractivity contribution in [3.05, 3.63) is 48.6 Å². The van der Waals surface area contributed by atoms with E-state index in [9.17, 15) is 10.2 Å². The first-order chi connectivity index (χ1) is 11.1. The highest BCUT2D eigenvalue weighted by molar-refractivity contribution is 5.13. The Hall–Kier alpha value is -1.28. The fourth-order valence-electron chi connectivity index (χ4n) is 3.04. The Labute approximate surface area is 135 Å². The lowest BCUT2D eigenvalue weighted by Crippen LogP contribution is -2.58. The Morgan fingerprint density at radius 1 is 1.26 bits per heavy atom. The monoisotopic (exact) mass is 321 g/mol. The van der Waals surface area contributed by atoms with Crippen LogP contribution in [0.15, 0.2) is 43.0 Å². The second-order valence-electron chi connectivity index (χ2n) is 6.01. The molecule has 1 aromatic carbocycles. The largest absolute Gasteiger partial charge is 0.387 e. The van der Waals surface area contributed by atoms with Crippen LogP contribution in [0.5, 0.6) is 0 Å². The van der Waals surface area contributed by atoms with Gasteiger partial charge in [-0.2, -0.15) is 5.48 Å². The van der Waals surface area contributed by atoms with Crippen molar-refractivity contribution in [2.45, 2.75) is 56.2 Å². The predicted molar refractivity (Wildman–Crippen MR) is 83.4 cm³/mol. The molecule has 3 rings (SSSR count). The van der Waals surface area contributed by atoms with Crippen LogP contribution in [-0.4, -0.2) is 52.9 Å².